The van der Waals surface area contributed by atoms with E-state index in [1.54, 1.807) is 18.0 Å². The third kappa shape index (κ3) is 4.88. The first kappa shape index (κ1) is 16.0. The molecule has 6 nitrogen and oxygen atoms in total. The van der Waals surface area contributed by atoms with Crippen LogP contribution in [0.25, 0.3) is 0 Å². The van der Waals surface area contributed by atoms with Gasteiger partial charge in [0.2, 0.25) is 11.8 Å². The lowest BCUT2D eigenvalue weighted by molar-refractivity contribution is -0.122. The minimum absolute atomic E-state index is 0.0744. The van der Waals surface area contributed by atoms with Crippen molar-refractivity contribution in [3.8, 4) is 6.07 Å². The van der Waals surface area contributed by atoms with Gasteiger partial charge in [0.25, 0.3) is 0 Å². The van der Waals surface area contributed by atoms with Crippen molar-refractivity contribution in [1.82, 2.24) is 10.2 Å². The van der Waals surface area contributed by atoms with Crippen LogP contribution in [-0.2, 0) is 9.59 Å². The number of benzene rings is 1. The van der Waals surface area contributed by atoms with Gasteiger partial charge in [-0.1, -0.05) is 11.6 Å². The minimum Gasteiger partial charge on any atom is -0.358 e. The number of nitrogens with zero attached hydrogens (tertiary/aromatic N) is 2. The molecule has 20 heavy (non-hydrogen) atoms. The first-order valence-corrected chi connectivity index (χ1v) is 6.22. The summed E-state index contributed by atoms with van der Waals surface area (Å²) in [4.78, 5) is 24.5. The molecular formula is C13H15ClN4O2. The van der Waals surface area contributed by atoms with Crippen LogP contribution in [0.4, 0.5) is 5.69 Å². The largest absolute Gasteiger partial charge is 0.358 e. The molecule has 0 heterocycles. The average Bonchev–Trinajstić information content (AvgIpc) is 2.38. The third-order valence-corrected chi connectivity index (χ3v) is 2.79. The number of hydrogen-bond acceptors (Lipinski definition) is 4. The van der Waals surface area contributed by atoms with Crippen LogP contribution in [-0.4, -0.2) is 43.9 Å². The predicted octanol–water partition coefficient (Wildman–Crippen LogP) is 0.828. The lowest BCUT2D eigenvalue weighted by Crippen LogP contribution is -2.37. The van der Waals surface area contributed by atoms with E-state index in [1.807, 2.05) is 6.07 Å². The summed E-state index contributed by atoms with van der Waals surface area (Å²) in [6, 6.07) is 6.58. The molecule has 0 aliphatic rings. The fourth-order valence-electron chi connectivity index (χ4n) is 1.51. The van der Waals surface area contributed by atoms with Gasteiger partial charge >= 0.3 is 0 Å². The topological polar surface area (TPSA) is 85.2 Å². The van der Waals surface area contributed by atoms with Gasteiger partial charge in [0.05, 0.1) is 23.7 Å². The van der Waals surface area contributed by atoms with E-state index in [9.17, 15) is 9.59 Å². The fraction of sp³-hybridized carbons (Fsp3) is 0.308. The van der Waals surface area contributed by atoms with E-state index in [1.165, 1.54) is 19.2 Å². The summed E-state index contributed by atoms with van der Waals surface area (Å²) in [5.41, 5.74) is 0.855. The van der Waals surface area contributed by atoms with Crippen LogP contribution < -0.4 is 10.6 Å². The van der Waals surface area contributed by atoms with Crippen molar-refractivity contribution in [3.05, 3.63) is 28.8 Å². The number of amides is 2. The summed E-state index contributed by atoms with van der Waals surface area (Å²) >= 11 is 5.87. The number of nitrogens with one attached hydrogen (secondary N) is 2. The molecule has 0 radical (unpaired) electrons. The molecule has 7 heteroatoms. The highest BCUT2D eigenvalue weighted by atomic mass is 35.5. The van der Waals surface area contributed by atoms with Crippen LogP contribution in [0.3, 0.4) is 0 Å². The Morgan fingerprint density at radius 2 is 2.00 bits per heavy atom. The number of carbonyl (C=O) groups excluding carboxylic acids is 2. The Balaban J connectivity index is 2.56. The molecule has 0 atom stereocenters. The average molecular weight is 295 g/mol. The first-order valence-electron chi connectivity index (χ1n) is 5.85. The number of rotatable bonds is 5. The molecule has 0 saturated carbocycles. The first-order chi connectivity index (χ1) is 9.46. The number of nitriles is 1. The van der Waals surface area contributed by atoms with Crippen molar-refractivity contribution < 1.29 is 9.59 Å². The van der Waals surface area contributed by atoms with Gasteiger partial charge in [0.15, 0.2) is 0 Å². The number of hydrogen-bond donors (Lipinski definition) is 2. The highest BCUT2D eigenvalue weighted by Gasteiger charge is 2.10. The van der Waals surface area contributed by atoms with E-state index in [0.29, 0.717) is 11.3 Å². The molecule has 0 unspecified atom stereocenters. The van der Waals surface area contributed by atoms with Crippen molar-refractivity contribution in [2.45, 2.75) is 0 Å². The Morgan fingerprint density at radius 3 is 2.55 bits per heavy atom. The van der Waals surface area contributed by atoms with E-state index < -0.39 is 0 Å². The molecule has 0 saturated heterocycles. The van der Waals surface area contributed by atoms with Crippen LogP contribution >= 0.6 is 11.6 Å². The quantitative estimate of drug-likeness (QED) is 0.842. The minimum atomic E-state index is -0.267. The molecule has 0 aliphatic carbocycles. The maximum absolute atomic E-state index is 11.8. The summed E-state index contributed by atoms with van der Waals surface area (Å²) < 4.78 is 0. The summed E-state index contributed by atoms with van der Waals surface area (Å²) in [5.74, 6) is -0.432. The molecule has 0 spiro atoms. The Hall–Kier alpha value is -2.10. The van der Waals surface area contributed by atoms with E-state index in [2.05, 4.69) is 10.6 Å². The molecule has 0 bridgehead atoms. The van der Waals surface area contributed by atoms with E-state index in [4.69, 9.17) is 16.9 Å². The van der Waals surface area contributed by atoms with Crippen LogP contribution in [0.2, 0.25) is 5.02 Å². The van der Waals surface area contributed by atoms with Crippen LogP contribution in [0, 0.1) is 11.3 Å². The summed E-state index contributed by atoms with van der Waals surface area (Å²) in [6.07, 6.45) is 0. The van der Waals surface area contributed by atoms with E-state index in [0.717, 1.165) is 0 Å². The Morgan fingerprint density at radius 1 is 1.35 bits per heavy atom. The third-order valence-electron chi connectivity index (χ3n) is 2.48. The SMILES string of the molecule is CNC(=O)CN(C)CC(=O)Nc1ccc(C#N)c(Cl)c1. The fourth-order valence-corrected chi connectivity index (χ4v) is 1.73. The molecule has 0 aliphatic heterocycles. The molecule has 2 N–H and O–H groups in total. The maximum atomic E-state index is 11.8. The Bertz CT molecular complexity index is 554. The summed E-state index contributed by atoms with van der Waals surface area (Å²) in [7, 11) is 3.20. The molecule has 1 aromatic carbocycles. The lowest BCUT2D eigenvalue weighted by atomic mass is 10.2. The van der Waals surface area contributed by atoms with Gasteiger partial charge in [0.1, 0.15) is 6.07 Å². The number of carbonyl (C=O) groups is 2. The molecule has 0 fully saturated rings. The monoisotopic (exact) mass is 294 g/mol. The van der Waals surface area contributed by atoms with Gasteiger partial charge in [-0.15, -0.1) is 0 Å². The van der Waals surface area contributed by atoms with E-state index >= 15 is 0 Å². The van der Waals surface area contributed by atoms with Crippen LogP contribution in [0.15, 0.2) is 18.2 Å². The van der Waals surface area contributed by atoms with Gasteiger partial charge in [-0.25, -0.2) is 0 Å². The van der Waals surface area contributed by atoms with Crippen LogP contribution in [0.1, 0.15) is 5.56 Å². The number of anilines is 1. The van der Waals surface area contributed by atoms with Crippen molar-refractivity contribution >= 4 is 29.1 Å². The normalized spacial score (nSPS) is 9.95. The molecule has 0 aromatic heterocycles. The highest BCUT2D eigenvalue weighted by molar-refractivity contribution is 6.32. The van der Waals surface area contributed by atoms with Crippen LogP contribution in [0.5, 0.6) is 0 Å². The number of likely N-dealkylation sites (N-methyl/N-ethyl adjacent to an activating group) is 2. The molecule has 1 rings (SSSR count). The summed E-state index contributed by atoms with van der Waals surface area (Å²) in [6.45, 7) is 0.211. The molecule has 1 aromatic rings. The van der Waals surface area contributed by atoms with Gasteiger partial charge < -0.3 is 10.6 Å². The predicted molar refractivity (Wildman–Crippen MR) is 76.4 cm³/mol. The van der Waals surface area contributed by atoms with Crippen molar-refractivity contribution in [3.63, 3.8) is 0 Å². The zero-order chi connectivity index (χ0) is 15.1. The van der Waals surface area contributed by atoms with Gasteiger partial charge in [0, 0.05) is 12.7 Å². The van der Waals surface area contributed by atoms with Crippen molar-refractivity contribution in [2.75, 3.05) is 32.5 Å². The Labute approximate surface area is 122 Å². The van der Waals surface area contributed by atoms with E-state index in [-0.39, 0.29) is 29.9 Å². The highest BCUT2D eigenvalue weighted by Crippen LogP contribution is 2.20. The van der Waals surface area contributed by atoms with Gasteiger partial charge in [-0.2, -0.15) is 5.26 Å². The van der Waals surface area contributed by atoms with Gasteiger partial charge in [-0.05, 0) is 25.2 Å². The summed E-state index contributed by atoms with van der Waals surface area (Å²) in [5, 5.41) is 14.2. The molecule has 106 valence electrons. The molecular weight excluding hydrogens is 280 g/mol. The van der Waals surface area contributed by atoms with Crippen molar-refractivity contribution in [2.24, 2.45) is 0 Å². The van der Waals surface area contributed by atoms with Crippen molar-refractivity contribution in [1.29, 1.82) is 5.26 Å². The second-order valence-electron chi connectivity index (χ2n) is 4.20. The second kappa shape index (κ2) is 7.48. The zero-order valence-corrected chi connectivity index (χ0v) is 12.0. The van der Waals surface area contributed by atoms with Gasteiger partial charge in [-0.3, -0.25) is 14.5 Å². The molecule has 2 amide bonds. The second-order valence-corrected chi connectivity index (χ2v) is 4.61. The Kier molecular flexibility index (Phi) is 5.97. The standard InChI is InChI=1S/C13H15ClN4O2/c1-16-12(19)7-18(2)8-13(20)17-10-4-3-9(6-15)11(14)5-10/h3-5H,7-8H2,1-2H3,(H,16,19)(H,17,20). The lowest BCUT2D eigenvalue weighted by Gasteiger charge is -2.15. The zero-order valence-electron chi connectivity index (χ0n) is 11.2. The number of halogens is 1. The smallest absolute Gasteiger partial charge is 0.238 e. The maximum Gasteiger partial charge on any atom is 0.238 e.